The van der Waals surface area contributed by atoms with E-state index in [0.717, 1.165) is 19.3 Å². The summed E-state index contributed by atoms with van der Waals surface area (Å²) in [5.74, 6) is -0.750. The van der Waals surface area contributed by atoms with E-state index in [1.807, 2.05) is 0 Å². The summed E-state index contributed by atoms with van der Waals surface area (Å²) in [5.41, 5.74) is 0. The van der Waals surface area contributed by atoms with Gasteiger partial charge in [-0.1, -0.05) is 0 Å². The smallest absolute Gasteiger partial charge is 0.190 e. The van der Waals surface area contributed by atoms with E-state index in [-0.39, 0.29) is 6.29 Å². The van der Waals surface area contributed by atoms with Crippen LogP contribution in [0.1, 0.15) is 33.1 Å². The molecule has 0 aromatic rings. The maximum absolute atomic E-state index is 9.94. The highest BCUT2D eigenvalue weighted by molar-refractivity contribution is 4.97. The molecule has 0 saturated carbocycles. The van der Waals surface area contributed by atoms with Crippen LogP contribution in [-0.4, -0.2) is 66.2 Å². The number of fused-ring (bicyclic) bond motifs is 1. The Morgan fingerprint density at radius 3 is 2.76 bits per heavy atom. The lowest BCUT2D eigenvalue weighted by molar-refractivity contribution is -0.257. The van der Waals surface area contributed by atoms with Crippen molar-refractivity contribution < 1.29 is 33.9 Å². The van der Waals surface area contributed by atoms with Crippen molar-refractivity contribution in [2.24, 2.45) is 0 Å². The first-order chi connectivity index (χ1) is 10.00. The van der Waals surface area contributed by atoms with Crippen molar-refractivity contribution in [2.75, 3.05) is 13.2 Å². The molecule has 0 spiro atoms. The second-order valence-corrected chi connectivity index (χ2v) is 6.22. The highest BCUT2D eigenvalue weighted by atomic mass is 16.8. The van der Waals surface area contributed by atoms with Gasteiger partial charge >= 0.3 is 0 Å². The van der Waals surface area contributed by atoms with E-state index in [1.165, 1.54) is 0 Å². The zero-order chi connectivity index (χ0) is 15.0. The first-order valence-electron chi connectivity index (χ1n) is 7.57. The number of hydrogen-bond donors (Lipinski definition) is 2. The Morgan fingerprint density at radius 1 is 1.29 bits per heavy atom. The molecule has 0 radical (unpaired) electrons. The van der Waals surface area contributed by atoms with Gasteiger partial charge in [0.15, 0.2) is 18.4 Å². The largest absolute Gasteiger partial charge is 0.394 e. The zero-order valence-electron chi connectivity index (χ0n) is 12.4. The first kappa shape index (κ1) is 15.6. The average Bonchev–Trinajstić information content (AvgIpc) is 2.92. The molecule has 2 N–H and O–H groups in total. The van der Waals surface area contributed by atoms with E-state index in [0.29, 0.717) is 6.61 Å². The lowest BCUT2D eigenvalue weighted by Gasteiger charge is -2.32. The van der Waals surface area contributed by atoms with E-state index in [9.17, 15) is 10.2 Å². The topological polar surface area (TPSA) is 86.6 Å². The second-order valence-electron chi connectivity index (χ2n) is 6.22. The maximum Gasteiger partial charge on any atom is 0.190 e. The fourth-order valence-corrected chi connectivity index (χ4v) is 3.07. The molecule has 0 aromatic heterocycles. The Balaban J connectivity index is 1.71. The maximum atomic E-state index is 9.94. The van der Waals surface area contributed by atoms with Crippen molar-refractivity contribution in [3.8, 4) is 0 Å². The summed E-state index contributed by atoms with van der Waals surface area (Å²) in [6.07, 6.45) is -0.735. The van der Waals surface area contributed by atoms with Crippen molar-refractivity contribution in [2.45, 2.75) is 75.9 Å². The van der Waals surface area contributed by atoms with Gasteiger partial charge in [0.2, 0.25) is 0 Å². The van der Waals surface area contributed by atoms with Crippen LogP contribution in [0, 0.1) is 0 Å². The average molecular weight is 304 g/mol. The van der Waals surface area contributed by atoms with Crippen LogP contribution in [0.4, 0.5) is 0 Å². The van der Waals surface area contributed by atoms with Gasteiger partial charge in [0.1, 0.15) is 24.4 Å². The number of aliphatic hydroxyl groups is 2. The summed E-state index contributed by atoms with van der Waals surface area (Å²) in [6.45, 7) is 3.88. The SMILES string of the molecule is CC1(C)O[C@H]2O[C@H]([C@H](O)CO)[C@H](OC3CCCCO3)[C@H]2O1. The van der Waals surface area contributed by atoms with Crippen molar-refractivity contribution in [3.63, 3.8) is 0 Å². The molecule has 7 heteroatoms. The Labute approximate surface area is 124 Å². The van der Waals surface area contributed by atoms with Gasteiger partial charge in [-0.25, -0.2) is 0 Å². The number of rotatable bonds is 4. The first-order valence-corrected chi connectivity index (χ1v) is 7.57. The molecule has 3 aliphatic rings. The van der Waals surface area contributed by atoms with Crippen LogP contribution in [0.3, 0.4) is 0 Å². The van der Waals surface area contributed by atoms with Gasteiger partial charge in [0.25, 0.3) is 0 Å². The van der Waals surface area contributed by atoms with Gasteiger partial charge < -0.3 is 33.9 Å². The van der Waals surface area contributed by atoms with Gasteiger partial charge in [0.05, 0.1) is 6.61 Å². The molecule has 0 aromatic carbocycles. The molecule has 3 heterocycles. The van der Waals surface area contributed by atoms with Gasteiger partial charge in [-0.3, -0.25) is 0 Å². The predicted octanol–water partition coefficient (Wildman–Crippen LogP) is 0.128. The van der Waals surface area contributed by atoms with Crippen LogP contribution < -0.4 is 0 Å². The molecule has 0 bridgehead atoms. The van der Waals surface area contributed by atoms with Gasteiger partial charge in [0, 0.05) is 6.61 Å². The predicted molar refractivity (Wildman–Crippen MR) is 70.3 cm³/mol. The minimum atomic E-state index is -1.04. The molecular weight excluding hydrogens is 280 g/mol. The third kappa shape index (κ3) is 3.24. The molecule has 0 amide bonds. The highest BCUT2D eigenvalue weighted by Crippen LogP contribution is 2.40. The summed E-state index contributed by atoms with van der Waals surface area (Å²) < 4.78 is 28.7. The molecule has 122 valence electrons. The number of hydrogen-bond acceptors (Lipinski definition) is 7. The van der Waals surface area contributed by atoms with Crippen LogP contribution >= 0.6 is 0 Å². The molecule has 21 heavy (non-hydrogen) atoms. The Kier molecular flexibility index (Phi) is 4.52. The van der Waals surface area contributed by atoms with Crippen LogP contribution in [-0.2, 0) is 23.7 Å². The van der Waals surface area contributed by atoms with E-state index in [1.54, 1.807) is 13.8 Å². The Morgan fingerprint density at radius 2 is 2.10 bits per heavy atom. The van der Waals surface area contributed by atoms with Crippen molar-refractivity contribution in [1.29, 1.82) is 0 Å². The molecule has 3 fully saturated rings. The third-order valence-corrected chi connectivity index (χ3v) is 4.04. The number of aliphatic hydroxyl groups excluding tert-OH is 2. The van der Waals surface area contributed by atoms with Crippen molar-refractivity contribution >= 4 is 0 Å². The van der Waals surface area contributed by atoms with Crippen LogP contribution in [0.25, 0.3) is 0 Å². The molecule has 3 rings (SSSR count). The van der Waals surface area contributed by atoms with Crippen LogP contribution in [0.15, 0.2) is 0 Å². The van der Waals surface area contributed by atoms with E-state index in [2.05, 4.69) is 0 Å². The Bertz CT molecular complexity index is 355. The zero-order valence-corrected chi connectivity index (χ0v) is 12.4. The van der Waals surface area contributed by atoms with Gasteiger partial charge in [-0.05, 0) is 33.1 Å². The molecule has 3 saturated heterocycles. The fraction of sp³-hybridized carbons (Fsp3) is 1.00. The van der Waals surface area contributed by atoms with Gasteiger partial charge in [-0.2, -0.15) is 0 Å². The number of ether oxygens (including phenoxy) is 5. The Hall–Kier alpha value is -0.280. The molecule has 6 atom stereocenters. The normalized spacial score (nSPS) is 43.7. The van der Waals surface area contributed by atoms with Gasteiger partial charge in [-0.15, -0.1) is 0 Å². The summed E-state index contributed by atoms with van der Waals surface area (Å²) in [6, 6.07) is 0. The minimum Gasteiger partial charge on any atom is -0.394 e. The highest BCUT2D eigenvalue weighted by Gasteiger charge is 2.57. The summed E-state index contributed by atoms with van der Waals surface area (Å²) in [4.78, 5) is 0. The van der Waals surface area contributed by atoms with Crippen molar-refractivity contribution in [3.05, 3.63) is 0 Å². The quantitative estimate of drug-likeness (QED) is 0.763. The third-order valence-electron chi connectivity index (χ3n) is 4.04. The minimum absolute atomic E-state index is 0.327. The van der Waals surface area contributed by atoms with Crippen LogP contribution in [0.2, 0.25) is 0 Å². The van der Waals surface area contributed by atoms with E-state index >= 15 is 0 Å². The molecular formula is C14H24O7. The summed E-state index contributed by atoms with van der Waals surface area (Å²) in [5, 5.41) is 19.1. The summed E-state index contributed by atoms with van der Waals surface area (Å²) in [7, 11) is 0. The van der Waals surface area contributed by atoms with E-state index in [4.69, 9.17) is 23.7 Å². The lowest BCUT2D eigenvalue weighted by Crippen LogP contribution is -2.46. The second kappa shape index (κ2) is 6.08. The molecule has 7 nitrogen and oxygen atoms in total. The fourth-order valence-electron chi connectivity index (χ4n) is 3.07. The van der Waals surface area contributed by atoms with E-state index < -0.39 is 43.1 Å². The van der Waals surface area contributed by atoms with Crippen LogP contribution in [0.5, 0.6) is 0 Å². The van der Waals surface area contributed by atoms with Crippen molar-refractivity contribution in [1.82, 2.24) is 0 Å². The molecule has 3 aliphatic heterocycles. The molecule has 0 aliphatic carbocycles. The summed E-state index contributed by atoms with van der Waals surface area (Å²) >= 11 is 0. The standard InChI is InChI=1S/C14H24O7/c1-14(2)20-12-11(18-9-5-3-4-6-17-9)10(8(16)7-15)19-13(12)21-14/h8-13,15-16H,3-7H2,1-2H3/t8-,9?,10-,11+,12-,13-/m1/s1. The monoisotopic (exact) mass is 304 g/mol. The molecule has 1 unspecified atom stereocenters. The lowest BCUT2D eigenvalue weighted by atomic mass is 10.1.